The van der Waals surface area contributed by atoms with Crippen molar-refractivity contribution in [2.45, 2.75) is 6.92 Å². The zero-order chi connectivity index (χ0) is 10.3. The molecule has 0 amide bonds. The molecule has 7 nitrogen and oxygen atoms in total. The van der Waals surface area contributed by atoms with Gasteiger partial charge >= 0.3 is 0 Å². The normalized spacial score (nSPS) is 10.6. The van der Waals surface area contributed by atoms with Crippen LogP contribution < -0.4 is 11.5 Å². The number of Topliss-reactive ketones (excluding diaryl/α,β-unsaturated/α-hetero) is 1. The molecule has 0 aliphatic rings. The molecular weight excluding hydrogens is 184 g/mol. The Balaban J connectivity index is 2.76. The van der Waals surface area contributed by atoms with Crippen molar-refractivity contribution in [3.05, 3.63) is 5.82 Å². The molecule has 2 aromatic rings. The van der Waals surface area contributed by atoms with Crippen molar-refractivity contribution < 1.29 is 4.79 Å². The summed E-state index contributed by atoms with van der Waals surface area (Å²) in [5.74, 6) is 0.233. The number of aromatic amines is 1. The summed E-state index contributed by atoms with van der Waals surface area (Å²) in [5, 5.41) is 0. The van der Waals surface area contributed by atoms with Crippen molar-refractivity contribution in [2.75, 3.05) is 11.5 Å². The molecule has 0 bridgehead atoms. The van der Waals surface area contributed by atoms with Crippen LogP contribution in [0.5, 0.6) is 0 Å². The first kappa shape index (κ1) is 8.42. The minimum Gasteiger partial charge on any atom is -0.382 e. The van der Waals surface area contributed by atoms with Crippen LogP contribution in [0, 0.1) is 0 Å². The van der Waals surface area contributed by atoms with Gasteiger partial charge in [-0.05, 0) is 0 Å². The Labute approximate surface area is 78.6 Å². The van der Waals surface area contributed by atoms with Crippen molar-refractivity contribution in [1.29, 1.82) is 0 Å². The summed E-state index contributed by atoms with van der Waals surface area (Å²) in [6.45, 7) is 1.39. The number of hydrogen-bond acceptors (Lipinski definition) is 6. The van der Waals surface area contributed by atoms with Gasteiger partial charge in [-0.2, -0.15) is 9.97 Å². The van der Waals surface area contributed by atoms with Gasteiger partial charge < -0.3 is 16.5 Å². The Morgan fingerprint density at radius 3 is 2.64 bits per heavy atom. The van der Waals surface area contributed by atoms with Crippen LogP contribution in [0.4, 0.5) is 11.8 Å². The Kier molecular flexibility index (Phi) is 1.60. The number of fused-ring (bicyclic) bond motifs is 1. The van der Waals surface area contributed by atoms with Crippen LogP contribution >= 0.6 is 0 Å². The maximum Gasteiger partial charge on any atom is 0.224 e. The summed E-state index contributed by atoms with van der Waals surface area (Å²) in [5.41, 5.74) is 11.7. The van der Waals surface area contributed by atoms with E-state index in [1.54, 1.807) is 0 Å². The minimum absolute atomic E-state index is 0.0385. The fourth-order valence-electron chi connectivity index (χ4n) is 1.10. The topological polar surface area (TPSA) is 124 Å². The minimum atomic E-state index is -0.194. The van der Waals surface area contributed by atoms with E-state index in [-0.39, 0.29) is 23.4 Å². The van der Waals surface area contributed by atoms with Gasteiger partial charge in [-0.3, -0.25) is 4.79 Å². The van der Waals surface area contributed by atoms with Gasteiger partial charge in [0.05, 0.1) is 0 Å². The molecule has 5 N–H and O–H groups in total. The number of rotatable bonds is 1. The van der Waals surface area contributed by atoms with Crippen molar-refractivity contribution >= 4 is 28.7 Å². The van der Waals surface area contributed by atoms with E-state index in [1.165, 1.54) is 6.92 Å². The molecule has 0 aliphatic carbocycles. The molecule has 72 valence electrons. The number of H-pyrrole nitrogens is 1. The molecule has 2 rings (SSSR count). The predicted molar refractivity (Wildman–Crippen MR) is 50.5 cm³/mol. The third kappa shape index (κ3) is 1.15. The van der Waals surface area contributed by atoms with Crippen molar-refractivity contribution in [3.8, 4) is 0 Å². The van der Waals surface area contributed by atoms with Crippen molar-refractivity contribution in [3.63, 3.8) is 0 Å². The van der Waals surface area contributed by atoms with Crippen LogP contribution in [0.25, 0.3) is 11.2 Å². The molecule has 7 heteroatoms. The van der Waals surface area contributed by atoms with E-state index in [4.69, 9.17) is 11.5 Å². The second kappa shape index (κ2) is 2.66. The summed E-state index contributed by atoms with van der Waals surface area (Å²) < 4.78 is 0. The van der Waals surface area contributed by atoms with E-state index in [1.807, 2.05) is 0 Å². The fourth-order valence-corrected chi connectivity index (χ4v) is 1.10. The molecule has 2 aromatic heterocycles. The largest absolute Gasteiger partial charge is 0.382 e. The lowest BCUT2D eigenvalue weighted by molar-refractivity contribution is 0.100. The quantitative estimate of drug-likeness (QED) is 0.534. The van der Waals surface area contributed by atoms with Crippen LogP contribution in [0.3, 0.4) is 0 Å². The number of nitrogens with two attached hydrogens (primary N) is 2. The number of carbonyl (C=O) groups excluding carboxylic acids is 1. The molecule has 0 spiro atoms. The first-order valence-electron chi connectivity index (χ1n) is 3.87. The first-order chi connectivity index (χ1) is 6.58. The number of aromatic nitrogens is 4. The average Bonchev–Trinajstić information content (AvgIpc) is 2.47. The van der Waals surface area contributed by atoms with Crippen LogP contribution in [-0.2, 0) is 0 Å². The van der Waals surface area contributed by atoms with Gasteiger partial charge in [0.25, 0.3) is 0 Å². The number of hydrogen-bond donors (Lipinski definition) is 3. The number of carbonyl (C=O) groups is 1. The molecule has 0 aromatic carbocycles. The van der Waals surface area contributed by atoms with Gasteiger partial charge in [-0.1, -0.05) is 0 Å². The summed E-state index contributed by atoms with van der Waals surface area (Å²) >= 11 is 0. The SMILES string of the molecule is CC(=O)c1nc2nc(N)nc(N)c2[nH]1. The zero-order valence-electron chi connectivity index (χ0n) is 7.40. The summed E-state index contributed by atoms with van der Waals surface area (Å²) in [6, 6.07) is 0. The Morgan fingerprint density at radius 1 is 1.29 bits per heavy atom. The molecule has 0 fully saturated rings. The predicted octanol–water partition coefficient (Wildman–Crippen LogP) is -0.280. The summed E-state index contributed by atoms with van der Waals surface area (Å²) in [4.78, 5) is 25.2. The number of anilines is 2. The Hall–Kier alpha value is -2.18. The molecule has 0 atom stereocenters. The third-order valence-electron chi connectivity index (χ3n) is 1.73. The second-order valence-electron chi connectivity index (χ2n) is 2.81. The maximum atomic E-state index is 11.0. The van der Waals surface area contributed by atoms with Gasteiger partial charge in [0, 0.05) is 6.92 Å². The smallest absolute Gasteiger partial charge is 0.224 e. The highest BCUT2D eigenvalue weighted by Crippen LogP contribution is 2.15. The van der Waals surface area contributed by atoms with Crippen LogP contribution in [0.1, 0.15) is 17.5 Å². The van der Waals surface area contributed by atoms with E-state index in [0.717, 1.165) is 0 Å². The molecule has 0 unspecified atom stereocenters. The number of nitrogens with one attached hydrogen (secondary N) is 1. The Bertz CT molecular complexity index is 516. The second-order valence-corrected chi connectivity index (χ2v) is 2.81. The molecule has 0 aliphatic heterocycles. The van der Waals surface area contributed by atoms with E-state index in [9.17, 15) is 4.79 Å². The van der Waals surface area contributed by atoms with Crippen LogP contribution in [-0.4, -0.2) is 25.7 Å². The van der Waals surface area contributed by atoms with E-state index < -0.39 is 0 Å². The molecular formula is C7H8N6O. The monoisotopic (exact) mass is 192 g/mol. The first-order valence-corrected chi connectivity index (χ1v) is 3.87. The van der Waals surface area contributed by atoms with Gasteiger partial charge in [0.15, 0.2) is 23.1 Å². The lowest BCUT2D eigenvalue weighted by atomic mass is 10.4. The number of imidazole rings is 1. The van der Waals surface area contributed by atoms with Crippen LogP contribution in [0.15, 0.2) is 0 Å². The molecule has 14 heavy (non-hydrogen) atoms. The summed E-state index contributed by atoms with van der Waals surface area (Å²) in [6.07, 6.45) is 0. The van der Waals surface area contributed by atoms with Gasteiger partial charge in [-0.15, -0.1) is 0 Å². The van der Waals surface area contributed by atoms with Gasteiger partial charge in [0.1, 0.15) is 5.52 Å². The lowest BCUT2D eigenvalue weighted by Gasteiger charge is -1.94. The number of ketones is 1. The highest BCUT2D eigenvalue weighted by atomic mass is 16.1. The fraction of sp³-hybridized carbons (Fsp3) is 0.143. The number of nitrogen functional groups attached to an aromatic ring is 2. The van der Waals surface area contributed by atoms with E-state index >= 15 is 0 Å². The maximum absolute atomic E-state index is 11.0. The summed E-state index contributed by atoms with van der Waals surface area (Å²) in [7, 11) is 0. The highest BCUT2D eigenvalue weighted by molar-refractivity contribution is 5.95. The van der Waals surface area contributed by atoms with Gasteiger partial charge in [-0.25, -0.2) is 4.98 Å². The lowest BCUT2D eigenvalue weighted by Crippen LogP contribution is -1.99. The van der Waals surface area contributed by atoms with E-state index in [0.29, 0.717) is 11.2 Å². The highest BCUT2D eigenvalue weighted by Gasteiger charge is 2.11. The average molecular weight is 192 g/mol. The van der Waals surface area contributed by atoms with Crippen LogP contribution in [0.2, 0.25) is 0 Å². The molecule has 0 saturated carbocycles. The number of nitrogens with zero attached hydrogens (tertiary/aromatic N) is 3. The third-order valence-corrected chi connectivity index (χ3v) is 1.73. The zero-order valence-corrected chi connectivity index (χ0v) is 7.40. The molecule has 0 radical (unpaired) electrons. The Morgan fingerprint density at radius 2 is 2.00 bits per heavy atom. The molecule has 0 saturated heterocycles. The molecule has 2 heterocycles. The van der Waals surface area contributed by atoms with Crippen molar-refractivity contribution in [2.24, 2.45) is 0 Å². The van der Waals surface area contributed by atoms with Crippen molar-refractivity contribution in [1.82, 2.24) is 19.9 Å². The standard InChI is InChI=1S/C7H8N6O/c1-2(14)5-10-3-4(8)11-7(9)13-6(3)12-5/h1H3,(H5,8,9,10,11,12,13). The van der Waals surface area contributed by atoms with Gasteiger partial charge in [0.2, 0.25) is 5.95 Å². The van der Waals surface area contributed by atoms with E-state index in [2.05, 4.69) is 19.9 Å².